The van der Waals surface area contributed by atoms with Crippen LogP contribution >= 0.6 is 0 Å². The molecule has 33 heavy (non-hydrogen) atoms. The van der Waals surface area contributed by atoms with Crippen molar-refractivity contribution in [3.63, 3.8) is 0 Å². The molecule has 3 aliphatic rings. The lowest BCUT2D eigenvalue weighted by Crippen LogP contribution is -2.32. The highest BCUT2D eigenvalue weighted by Crippen LogP contribution is 2.59. The molecule has 1 unspecified atom stereocenters. The molecule has 1 aromatic heterocycles. The van der Waals surface area contributed by atoms with Gasteiger partial charge in [0.15, 0.2) is 0 Å². The minimum Gasteiger partial charge on any atom is -0.388 e. The van der Waals surface area contributed by atoms with Crippen molar-refractivity contribution in [2.75, 3.05) is 0 Å². The molecule has 2 aromatic rings. The van der Waals surface area contributed by atoms with Crippen LogP contribution in [-0.4, -0.2) is 10.1 Å². The summed E-state index contributed by atoms with van der Waals surface area (Å²) in [7, 11) is 0. The molecule has 0 saturated heterocycles. The minimum atomic E-state index is -0.464. The molecule has 178 valence electrons. The first-order valence-corrected chi connectivity index (χ1v) is 13.0. The van der Waals surface area contributed by atoms with Crippen LogP contribution in [0.4, 0.5) is 0 Å². The lowest BCUT2D eigenvalue weighted by atomic mass is 9.70. The fraction of sp³-hybridized carbons (Fsp3) is 0.633. The van der Waals surface area contributed by atoms with E-state index >= 15 is 0 Å². The topological polar surface area (TPSA) is 42.4 Å². The van der Waals surface area contributed by atoms with Gasteiger partial charge in [-0.05, 0) is 59.1 Å². The first-order chi connectivity index (χ1) is 15.4. The molecule has 1 aliphatic heterocycles. The summed E-state index contributed by atoms with van der Waals surface area (Å²) in [5.74, 6) is 0.308. The van der Waals surface area contributed by atoms with Gasteiger partial charge in [0.05, 0.1) is 11.7 Å². The van der Waals surface area contributed by atoms with Crippen molar-refractivity contribution in [3.05, 3.63) is 63.5 Å². The van der Waals surface area contributed by atoms with Crippen LogP contribution in [0.3, 0.4) is 0 Å². The van der Waals surface area contributed by atoms with E-state index in [9.17, 15) is 5.11 Å². The lowest BCUT2D eigenvalue weighted by Gasteiger charge is -2.38. The number of benzene rings is 1. The zero-order chi connectivity index (χ0) is 23.8. The summed E-state index contributed by atoms with van der Waals surface area (Å²) in [5, 5.41) is 11.4. The molecule has 2 atom stereocenters. The highest BCUT2D eigenvalue weighted by atomic mass is 16.5. The second kappa shape index (κ2) is 7.65. The van der Waals surface area contributed by atoms with Gasteiger partial charge < -0.3 is 9.84 Å². The van der Waals surface area contributed by atoms with Crippen molar-refractivity contribution in [2.45, 2.75) is 116 Å². The summed E-state index contributed by atoms with van der Waals surface area (Å²) in [6.07, 6.45) is 5.60. The number of pyridine rings is 1. The van der Waals surface area contributed by atoms with Gasteiger partial charge >= 0.3 is 0 Å². The molecular formula is C30H41NO2. The fourth-order valence-corrected chi connectivity index (χ4v) is 6.57. The number of rotatable bonds is 2. The van der Waals surface area contributed by atoms with E-state index in [0.29, 0.717) is 5.92 Å². The predicted molar refractivity (Wildman–Crippen MR) is 134 cm³/mol. The molecule has 5 rings (SSSR count). The summed E-state index contributed by atoms with van der Waals surface area (Å²) in [6.45, 7) is 15.8. The molecular weight excluding hydrogens is 406 g/mol. The standard InChI is InChI=1S/C30H41NO2/c1-18(2)26-24-25(23-21(31-26)16-29(6,7)17-22(23)32)30(14-8-9-15-30)33-27(24)19-10-12-20(13-11-19)28(3,4)5/h10-13,18,22,27,32H,8-9,14-17H2,1-7H3/t22?,27-/m1/s1. The van der Waals surface area contributed by atoms with Crippen molar-refractivity contribution in [1.29, 1.82) is 0 Å². The van der Waals surface area contributed by atoms with Gasteiger partial charge in [0, 0.05) is 22.5 Å². The van der Waals surface area contributed by atoms with E-state index in [1.165, 1.54) is 40.8 Å². The molecule has 3 nitrogen and oxygen atoms in total. The summed E-state index contributed by atoms with van der Waals surface area (Å²) in [4.78, 5) is 5.28. The molecule has 1 fully saturated rings. The minimum absolute atomic E-state index is 0.0619. The monoisotopic (exact) mass is 447 g/mol. The van der Waals surface area contributed by atoms with E-state index in [0.717, 1.165) is 36.9 Å². The summed E-state index contributed by atoms with van der Waals surface area (Å²) < 4.78 is 7.10. The molecule has 3 heteroatoms. The summed E-state index contributed by atoms with van der Waals surface area (Å²) >= 11 is 0. The molecule has 2 heterocycles. The molecule has 1 aromatic carbocycles. The van der Waals surface area contributed by atoms with Gasteiger partial charge in [0.2, 0.25) is 0 Å². The normalized spacial score (nSPS) is 25.5. The number of ether oxygens (including phenoxy) is 1. The fourth-order valence-electron chi connectivity index (χ4n) is 6.57. The molecule has 0 bridgehead atoms. The smallest absolute Gasteiger partial charge is 0.111 e. The summed E-state index contributed by atoms with van der Waals surface area (Å²) in [6, 6.07) is 9.03. The van der Waals surface area contributed by atoms with E-state index < -0.39 is 6.10 Å². The Labute approximate surface area is 200 Å². The first kappa shape index (κ1) is 23.1. The van der Waals surface area contributed by atoms with Crippen LogP contribution in [0.1, 0.15) is 138 Å². The van der Waals surface area contributed by atoms with Gasteiger partial charge in [-0.2, -0.15) is 0 Å². The van der Waals surface area contributed by atoms with Crippen molar-refractivity contribution in [1.82, 2.24) is 4.98 Å². The van der Waals surface area contributed by atoms with Crippen LogP contribution < -0.4 is 0 Å². The Bertz CT molecular complexity index is 1050. The summed E-state index contributed by atoms with van der Waals surface area (Å²) in [5.41, 5.74) is 8.41. The third-order valence-electron chi connectivity index (χ3n) is 8.20. The average Bonchev–Trinajstić information content (AvgIpc) is 3.31. The van der Waals surface area contributed by atoms with E-state index in [4.69, 9.17) is 9.72 Å². The first-order valence-electron chi connectivity index (χ1n) is 13.0. The van der Waals surface area contributed by atoms with E-state index in [-0.39, 0.29) is 22.5 Å². The second-order valence-corrected chi connectivity index (χ2v) is 12.9. The van der Waals surface area contributed by atoms with Crippen LogP contribution in [0.2, 0.25) is 0 Å². The number of fused-ring (bicyclic) bond motifs is 4. The number of aliphatic hydroxyl groups excluding tert-OH is 1. The van der Waals surface area contributed by atoms with Crippen LogP contribution in [0.5, 0.6) is 0 Å². The zero-order valence-corrected chi connectivity index (χ0v) is 21.6. The van der Waals surface area contributed by atoms with Gasteiger partial charge in [-0.3, -0.25) is 4.98 Å². The van der Waals surface area contributed by atoms with Crippen molar-refractivity contribution < 1.29 is 9.84 Å². The maximum atomic E-state index is 11.4. The molecule has 2 aliphatic carbocycles. The van der Waals surface area contributed by atoms with Crippen molar-refractivity contribution in [2.24, 2.45) is 5.41 Å². The third kappa shape index (κ3) is 3.76. The Morgan fingerprint density at radius 1 is 1.03 bits per heavy atom. The van der Waals surface area contributed by atoms with Crippen LogP contribution in [0, 0.1) is 5.41 Å². The SMILES string of the molecule is CC(C)c1nc2c(c3c1[C@@H](c1ccc(C(C)(C)C)cc1)OC31CCCC1)C(O)CC(C)(C)C2. The van der Waals surface area contributed by atoms with Gasteiger partial charge in [-0.25, -0.2) is 0 Å². The molecule has 1 spiro atoms. The lowest BCUT2D eigenvalue weighted by molar-refractivity contribution is -0.0580. The van der Waals surface area contributed by atoms with Crippen molar-refractivity contribution >= 4 is 0 Å². The van der Waals surface area contributed by atoms with Crippen LogP contribution in [0.15, 0.2) is 24.3 Å². The van der Waals surface area contributed by atoms with Crippen LogP contribution in [0.25, 0.3) is 0 Å². The number of hydrogen-bond acceptors (Lipinski definition) is 3. The Hall–Kier alpha value is -1.71. The molecule has 0 radical (unpaired) electrons. The zero-order valence-electron chi connectivity index (χ0n) is 21.6. The van der Waals surface area contributed by atoms with E-state index in [2.05, 4.69) is 72.7 Å². The number of aromatic nitrogens is 1. The van der Waals surface area contributed by atoms with E-state index in [1.54, 1.807) is 0 Å². The van der Waals surface area contributed by atoms with Gasteiger partial charge in [-0.1, -0.05) is 85.6 Å². The van der Waals surface area contributed by atoms with Gasteiger partial charge in [0.25, 0.3) is 0 Å². The molecule has 0 amide bonds. The number of hydrogen-bond donors (Lipinski definition) is 1. The second-order valence-electron chi connectivity index (χ2n) is 12.9. The van der Waals surface area contributed by atoms with Crippen LogP contribution in [-0.2, 0) is 22.2 Å². The Kier molecular flexibility index (Phi) is 5.34. The molecule has 1 N–H and O–H groups in total. The average molecular weight is 448 g/mol. The largest absolute Gasteiger partial charge is 0.388 e. The number of aliphatic hydroxyl groups is 1. The Morgan fingerprint density at radius 2 is 1.67 bits per heavy atom. The predicted octanol–water partition coefficient (Wildman–Crippen LogP) is 7.40. The van der Waals surface area contributed by atoms with Gasteiger partial charge in [0.1, 0.15) is 6.10 Å². The highest BCUT2D eigenvalue weighted by molar-refractivity contribution is 5.54. The quantitative estimate of drug-likeness (QED) is 0.521. The Morgan fingerprint density at radius 3 is 2.24 bits per heavy atom. The maximum absolute atomic E-state index is 11.4. The number of nitrogens with zero attached hydrogens (tertiary/aromatic N) is 1. The Balaban J connectivity index is 1.73. The van der Waals surface area contributed by atoms with E-state index in [1.807, 2.05) is 0 Å². The maximum Gasteiger partial charge on any atom is 0.111 e. The molecule has 1 saturated carbocycles. The van der Waals surface area contributed by atoms with Crippen molar-refractivity contribution in [3.8, 4) is 0 Å². The van der Waals surface area contributed by atoms with Gasteiger partial charge in [-0.15, -0.1) is 0 Å². The third-order valence-corrected chi connectivity index (χ3v) is 8.20. The highest BCUT2D eigenvalue weighted by Gasteiger charge is 2.52.